The third kappa shape index (κ3) is 20.0. The Hall–Kier alpha value is -7.44. The monoisotopic (exact) mass is 1440 g/mol. The maximum Gasteiger partial charge on any atom is 0.0465 e. The van der Waals surface area contributed by atoms with Gasteiger partial charge >= 0.3 is 0 Å². The van der Waals surface area contributed by atoms with Crippen LogP contribution in [0.1, 0.15) is 230 Å². The molecule has 516 valence electrons. The number of halogens is 2. The predicted octanol–water partition coefficient (Wildman–Crippen LogP) is 30.8. The van der Waals surface area contributed by atoms with Gasteiger partial charge in [0, 0.05) is 65.3 Å². The third-order valence-corrected chi connectivity index (χ3v) is 21.8. The second kappa shape index (κ2) is 39.5. The minimum atomic E-state index is -0.0652. The van der Waals surface area contributed by atoms with Crippen molar-refractivity contribution in [3.05, 3.63) is 286 Å². The van der Waals surface area contributed by atoms with Crippen LogP contribution in [0.2, 0.25) is 0 Å². The van der Waals surface area contributed by atoms with E-state index in [4.69, 9.17) is 0 Å². The first-order valence-corrected chi connectivity index (χ1v) is 40.0. The van der Waals surface area contributed by atoms with Crippen LogP contribution in [0.15, 0.2) is 264 Å². The van der Waals surface area contributed by atoms with Gasteiger partial charge < -0.3 is 15.1 Å². The number of rotatable bonds is 36. The molecule has 10 aromatic rings. The van der Waals surface area contributed by atoms with Gasteiger partial charge in [-0.05, 0) is 192 Å². The summed E-state index contributed by atoms with van der Waals surface area (Å²) in [6.45, 7) is 9.24. The minimum absolute atomic E-state index is 0.0652. The van der Waals surface area contributed by atoms with E-state index in [1.165, 1.54) is 256 Å². The van der Waals surface area contributed by atoms with Crippen molar-refractivity contribution in [3.63, 3.8) is 0 Å². The van der Waals surface area contributed by atoms with Gasteiger partial charge in [0.25, 0.3) is 0 Å². The highest BCUT2D eigenvalue weighted by atomic mass is 79.9. The van der Waals surface area contributed by atoms with E-state index >= 15 is 0 Å². The molecular weight excluding hydrogens is 1330 g/mol. The summed E-state index contributed by atoms with van der Waals surface area (Å²) < 4.78 is 2.43. The van der Waals surface area contributed by atoms with Crippen molar-refractivity contribution < 1.29 is 0 Å². The molecule has 1 N–H and O–H groups in total. The third-order valence-electron chi connectivity index (χ3n) is 20.9. The Morgan fingerprint density at radius 3 is 0.747 bits per heavy atom. The quantitative estimate of drug-likeness (QED) is 0.0395. The number of nitrogens with one attached hydrogen (secondary N) is 1. The predicted molar refractivity (Wildman–Crippen MR) is 438 cm³/mol. The molecule has 0 spiro atoms. The highest BCUT2D eigenvalue weighted by molar-refractivity contribution is 9.10. The van der Waals surface area contributed by atoms with Crippen LogP contribution in [0, 0.1) is 0 Å². The van der Waals surface area contributed by atoms with Crippen LogP contribution in [0.5, 0.6) is 0 Å². The molecule has 0 aromatic heterocycles. The maximum atomic E-state index is 3.79. The van der Waals surface area contributed by atoms with Gasteiger partial charge in [0.15, 0.2) is 0 Å². The first-order valence-electron chi connectivity index (χ1n) is 38.4. The van der Waals surface area contributed by atoms with E-state index < -0.39 is 0 Å². The molecule has 12 rings (SSSR count). The van der Waals surface area contributed by atoms with Gasteiger partial charge in [-0.25, -0.2) is 0 Å². The zero-order chi connectivity index (χ0) is 68.8. The molecule has 0 atom stereocenters. The van der Waals surface area contributed by atoms with Crippen molar-refractivity contribution in [1.29, 1.82) is 0 Å². The second-order valence-electron chi connectivity index (χ2n) is 27.9. The summed E-state index contributed by atoms with van der Waals surface area (Å²) >= 11 is 7.57. The molecule has 0 bridgehead atoms. The van der Waals surface area contributed by atoms with Crippen LogP contribution in [0.25, 0.3) is 22.3 Å². The molecule has 0 fully saturated rings. The summed E-state index contributed by atoms with van der Waals surface area (Å²) in [4.78, 5) is 4.89. The highest BCUT2D eigenvalue weighted by Gasteiger charge is 2.44. The lowest BCUT2D eigenvalue weighted by atomic mass is 9.70. The van der Waals surface area contributed by atoms with E-state index in [9.17, 15) is 0 Å². The normalized spacial score (nSPS) is 12.6. The number of benzene rings is 10. The summed E-state index contributed by atoms with van der Waals surface area (Å²) in [5.41, 5.74) is 21.5. The van der Waals surface area contributed by atoms with Crippen LogP contribution < -0.4 is 15.1 Å². The number of hydrogen-bond acceptors (Lipinski definition) is 3. The van der Waals surface area contributed by atoms with E-state index in [0.29, 0.717) is 0 Å². The lowest BCUT2D eigenvalue weighted by Crippen LogP contribution is -2.26. The van der Waals surface area contributed by atoms with Crippen molar-refractivity contribution in [2.75, 3.05) is 15.1 Å². The zero-order valence-electron chi connectivity index (χ0n) is 60.2. The molecule has 0 heterocycles. The molecule has 0 unspecified atom stereocenters. The first kappa shape index (κ1) is 74.3. The van der Waals surface area contributed by atoms with Crippen LogP contribution in [0.3, 0.4) is 0 Å². The average molecular weight is 1440 g/mol. The summed E-state index contributed by atoms with van der Waals surface area (Å²) in [6.07, 6.45) is 36.9. The second-order valence-corrected chi connectivity index (χ2v) is 29.8. The number of anilines is 8. The van der Waals surface area contributed by atoms with Crippen molar-refractivity contribution in [3.8, 4) is 22.3 Å². The zero-order valence-corrected chi connectivity index (χ0v) is 63.4. The number of nitrogens with zero attached hydrogens (tertiary/aromatic N) is 2. The molecule has 10 aromatic carbocycles. The summed E-state index contributed by atoms with van der Waals surface area (Å²) in [7, 11) is 0. The molecule has 0 aliphatic heterocycles. The Morgan fingerprint density at radius 1 is 0.242 bits per heavy atom. The topological polar surface area (TPSA) is 18.5 Å². The van der Waals surface area contributed by atoms with E-state index in [-0.39, 0.29) is 10.8 Å². The Labute approximate surface area is 614 Å². The Kier molecular flexibility index (Phi) is 29.6. The van der Waals surface area contributed by atoms with Crippen LogP contribution in [-0.2, 0) is 10.8 Å². The lowest BCUT2D eigenvalue weighted by molar-refractivity contribution is 0.397. The van der Waals surface area contributed by atoms with Crippen LogP contribution in [-0.4, -0.2) is 0 Å². The molecule has 0 amide bonds. The van der Waals surface area contributed by atoms with E-state index in [1.807, 2.05) is 60.7 Å². The summed E-state index contributed by atoms with van der Waals surface area (Å²) in [5.74, 6) is 0. The minimum Gasteiger partial charge on any atom is -0.356 e. The molecule has 0 saturated heterocycles. The highest BCUT2D eigenvalue weighted by Crippen LogP contribution is 2.58. The fourth-order valence-electron chi connectivity index (χ4n) is 15.8. The molecule has 0 radical (unpaired) electrons. The molecule has 2 aliphatic carbocycles. The standard InChI is InChI=1S/C53H60N2.C29H40Br2.C12H11N/c1-3-5-7-9-11-25-39-53(40-26-12-10-8-6-4-2)51-41-47(54(43-27-17-13-18-28-43)44-29-19-14-20-30-44)35-37-49(51)50-38-36-48(42-52(50)53)55(45-31-21-15-22-32-45)46-33-23-16-24-34-46;1-3-5-7-9-11-13-19-29(20-14-12-10-8-6-4-2)27-21-23(30)15-17-25(27)26-18-16-24(31)22-28(26)29;1-3-7-11(8-4-1)13-12-9-5-2-6-10-12/h13-24,27-38,41-42H,3-12,25-26,39-40H2,1-2H3;15-18,21-22H,3-14,19-20H2,1-2H3;1-10,13H. The van der Waals surface area contributed by atoms with Gasteiger partial charge in [-0.3, -0.25) is 0 Å². The van der Waals surface area contributed by atoms with Crippen molar-refractivity contribution in [1.82, 2.24) is 0 Å². The van der Waals surface area contributed by atoms with Gasteiger partial charge in [0.1, 0.15) is 0 Å². The summed E-state index contributed by atoms with van der Waals surface area (Å²) in [5, 5.41) is 3.30. The van der Waals surface area contributed by atoms with Gasteiger partial charge in [-0.15, -0.1) is 0 Å². The van der Waals surface area contributed by atoms with Gasteiger partial charge in [0.05, 0.1) is 0 Å². The molecule has 0 saturated carbocycles. The fraction of sp³-hybridized carbons (Fsp3) is 0.362. The van der Waals surface area contributed by atoms with Crippen LogP contribution in [0.4, 0.5) is 45.5 Å². The van der Waals surface area contributed by atoms with Crippen molar-refractivity contribution in [2.24, 2.45) is 0 Å². The maximum absolute atomic E-state index is 3.79. The van der Waals surface area contributed by atoms with E-state index in [0.717, 1.165) is 11.4 Å². The molecule has 5 heteroatoms. The number of hydrogen-bond donors (Lipinski definition) is 1. The molecular formula is C94H111Br2N3. The van der Waals surface area contributed by atoms with Crippen LogP contribution >= 0.6 is 31.9 Å². The fourth-order valence-corrected chi connectivity index (χ4v) is 16.5. The Morgan fingerprint density at radius 2 is 0.475 bits per heavy atom. The van der Waals surface area contributed by atoms with E-state index in [2.05, 4.69) is 269 Å². The van der Waals surface area contributed by atoms with Crippen molar-refractivity contribution in [2.45, 2.75) is 218 Å². The lowest BCUT2D eigenvalue weighted by Gasteiger charge is -2.35. The van der Waals surface area contributed by atoms with Gasteiger partial charge in [-0.2, -0.15) is 0 Å². The number of para-hydroxylation sites is 6. The van der Waals surface area contributed by atoms with E-state index in [1.54, 1.807) is 11.1 Å². The number of unbranched alkanes of at least 4 members (excludes halogenated alkanes) is 20. The average Bonchev–Trinajstić information content (AvgIpc) is 1.57. The molecule has 3 nitrogen and oxygen atoms in total. The first-order chi connectivity index (χ1) is 48.8. The molecule has 99 heavy (non-hydrogen) atoms. The van der Waals surface area contributed by atoms with Gasteiger partial charge in [-0.1, -0.05) is 347 Å². The number of fused-ring (bicyclic) bond motifs is 6. The molecule has 2 aliphatic rings. The van der Waals surface area contributed by atoms with Gasteiger partial charge in [0.2, 0.25) is 0 Å². The largest absolute Gasteiger partial charge is 0.356 e. The Bertz CT molecular complexity index is 3590. The smallest absolute Gasteiger partial charge is 0.0465 e. The van der Waals surface area contributed by atoms with Crippen molar-refractivity contribution >= 4 is 77.4 Å². The summed E-state index contributed by atoms with van der Waals surface area (Å²) in [6, 6.07) is 92.7. The SMILES string of the molecule is CCCCCCCCC1(CCCCCCCC)c2cc(Br)ccc2-c2ccc(Br)cc21.CCCCCCCCC1(CCCCCCCC)c2cc(N(c3ccccc3)c3ccccc3)ccc2-c2ccc(N(c3ccccc3)c3ccccc3)cc21.c1ccc(Nc2ccccc2)cc1. The Balaban J connectivity index is 0.000000200.